The molecule has 0 radical (unpaired) electrons. The van der Waals surface area contributed by atoms with E-state index in [9.17, 15) is 14.4 Å². The SMILES string of the molecule is CCC1OCC(=O)C1NC(=O)[C@H](CCC(C)C(C)C)NC(=O)Oc1ccoc1C. The van der Waals surface area contributed by atoms with Crippen LogP contribution in [0.4, 0.5) is 4.79 Å². The molecule has 1 fully saturated rings. The molecule has 1 aliphatic heterocycles. The van der Waals surface area contributed by atoms with E-state index in [2.05, 4.69) is 31.4 Å². The Labute approximate surface area is 171 Å². The Hall–Kier alpha value is -2.35. The van der Waals surface area contributed by atoms with Crippen molar-refractivity contribution in [3.63, 3.8) is 0 Å². The third-order valence-corrected chi connectivity index (χ3v) is 5.53. The molecule has 2 N–H and O–H groups in total. The Morgan fingerprint density at radius 2 is 2.00 bits per heavy atom. The van der Waals surface area contributed by atoms with Crippen LogP contribution >= 0.6 is 0 Å². The van der Waals surface area contributed by atoms with Gasteiger partial charge >= 0.3 is 6.09 Å². The number of carbonyl (C=O) groups is 3. The van der Waals surface area contributed by atoms with Gasteiger partial charge in [-0.2, -0.15) is 0 Å². The summed E-state index contributed by atoms with van der Waals surface area (Å²) in [6, 6.07) is 0.0267. The van der Waals surface area contributed by atoms with Gasteiger partial charge in [-0.15, -0.1) is 0 Å². The van der Waals surface area contributed by atoms with Crippen molar-refractivity contribution in [2.45, 2.75) is 72.1 Å². The van der Waals surface area contributed by atoms with Crippen molar-refractivity contribution >= 4 is 17.8 Å². The lowest BCUT2D eigenvalue weighted by Crippen LogP contribution is -2.53. The molecule has 3 unspecified atom stereocenters. The monoisotopic (exact) mass is 408 g/mol. The second kappa shape index (κ2) is 10.4. The molecular formula is C21H32N2O6. The van der Waals surface area contributed by atoms with Crippen LogP contribution in [0.5, 0.6) is 5.75 Å². The minimum absolute atomic E-state index is 0.00621. The van der Waals surface area contributed by atoms with Crippen LogP contribution in [0, 0.1) is 18.8 Å². The van der Waals surface area contributed by atoms with E-state index >= 15 is 0 Å². The third kappa shape index (κ3) is 6.32. The largest absolute Gasteiger partial charge is 0.466 e. The summed E-state index contributed by atoms with van der Waals surface area (Å²) in [4.78, 5) is 37.3. The van der Waals surface area contributed by atoms with Gasteiger partial charge < -0.3 is 24.5 Å². The molecule has 2 heterocycles. The van der Waals surface area contributed by atoms with Gasteiger partial charge in [-0.3, -0.25) is 9.59 Å². The van der Waals surface area contributed by atoms with E-state index in [0.29, 0.717) is 36.2 Å². The number of ether oxygens (including phenoxy) is 2. The van der Waals surface area contributed by atoms with E-state index in [1.807, 2.05) is 6.92 Å². The molecule has 1 aromatic heterocycles. The van der Waals surface area contributed by atoms with Gasteiger partial charge in [0.1, 0.15) is 24.5 Å². The highest BCUT2D eigenvalue weighted by molar-refractivity contribution is 5.94. The lowest BCUT2D eigenvalue weighted by atomic mass is 9.91. The molecule has 0 bridgehead atoms. The van der Waals surface area contributed by atoms with Crippen molar-refractivity contribution in [2.75, 3.05) is 6.61 Å². The Morgan fingerprint density at radius 1 is 1.28 bits per heavy atom. The highest BCUT2D eigenvalue weighted by atomic mass is 16.6. The number of amides is 2. The third-order valence-electron chi connectivity index (χ3n) is 5.53. The predicted molar refractivity (Wildman–Crippen MR) is 107 cm³/mol. The fourth-order valence-corrected chi connectivity index (χ4v) is 3.15. The fourth-order valence-electron chi connectivity index (χ4n) is 3.15. The second-order valence-corrected chi connectivity index (χ2v) is 7.94. The maximum atomic E-state index is 12.9. The number of nitrogens with one attached hydrogen (secondary N) is 2. The molecular weight excluding hydrogens is 376 g/mol. The molecule has 0 aliphatic carbocycles. The molecule has 0 saturated carbocycles. The number of ketones is 1. The van der Waals surface area contributed by atoms with Crippen molar-refractivity contribution in [1.82, 2.24) is 10.6 Å². The van der Waals surface area contributed by atoms with Crippen LogP contribution in [0.25, 0.3) is 0 Å². The smallest absolute Gasteiger partial charge is 0.413 e. The Balaban J connectivity index is 2.04. The van der Waals surface area contributed by atoms with Crippen LogP contribution in [0.1, 0.15) is 52.7 Å². The average molecular weight is 408 g/mol. The van der Waals surface area contributed by atoms with Gasteiger partial charge in [-0.05, 0) is 38.0 Å². The summed E-state index contributed by atoms with van der Waals surface area (Å²) >= 11 is 0. The van der Waals surface area contributed by atoms with E-state index < -0.39 is 24.1 Å². The number of Topliss-reactive ketones (excluding diaryl/α,β-unsaturated/α-hetero) is 1. The predicted octanol–water partition coefficient (Wildman–Crippen LogP) is 2.98. The van der Waals surface area contributed by atoms with Crippen molar-refractivity contribution in [1.29, 1.82) is 0 Å². The zero-order valence-corrected chi connectivity index (χ0v) is 17.8. The normalized spacial score (nSPS) is 21.1. The quantitative estimate of drug-likeness (QED) is 0.651. The van der Waals surface area contributed by atoms with Crippen molar-refractivity contribution in [3.8, 4) is 5.75 Å². The first-order valence-corrected chi connectivity index (χ1v) is 10.2. The molecule has 0 spiro atoms. The Morgan fingerprint density at radius 3 is 2.59 bits per heavy atom. The summed E-state index contributed by atoms with van der Waals surface area (Å²) in [5, 5.41) is 5.39. The number of hydrogen-bond acceptors (Lipinski definition) is 6. The molecule has 0 aromatic carbocycles. The molecule has 8 nitrogen and oxygen atoms in total. The zero-order valence-electron chi connectivity index (χ0n) is 17.8. The topological polar surface area (TPSA) is 107 Å². The molecule has 8 heteroatoms. The molecule has 1 aromatic rings. The molecule has 2 rings (SSSR count). The molecule has 1 saturated heterocycles. The van der Waals surface area contributed by atoms with Gasteiger partial charge in [-0.25, -0.2) is 4.79 Å². The van der Waals surface area contributed by atoms with Crippen LogP contribution in [0.3, 0.4) is 0 Å². The van der Waals surface area contributed by atoms with Crippen LogP contribution in [-0.2, 0) is 14.3 Å². The Bertz CT molecular complexity index is 714. The van der Waals surface area contributed by atoms with Crippen molar-refractivity contribution in [2.24, 2.45) is 11.8 Å². The molecule has 162 valence electrons. The van der Waals surface area contributed by atoms with Gasteiger partial charge in [0, 0.05) is 6.07 Å². The van der Waals surface area contributed by atoms with Crippen molar-refractivity contribution < 1.29 is 28.3 Å². The number of furan rings is 1. The van der Waals surface area contributed by atoms with Gasteiger partial charge in [-0.1, -0.05) is 27.7 Å². The number of aryl methyl sites for hydroxylation is 1. The van der Waals surface area contributed by atoms with E-state index in [0.717, 1.165) is 6.42 Å². The van der Waals surface area contributed by atoms with Gasteiger partial charge in [0.15, 0.2) is 11.5 Å². The van der Waals surface area contributed by atoms with Gasteiger partial charge in [0.2, 0.25) is 5.91 Å². The van der Waals surface area contributed by atoms with E-state index in [1.54, 1.807) is 6.92 Å². The van der Waals surface area contributed by atoms with Crippen LogP contribution < -0.4 is 15.4 Å². The lowest BCUT2D eigenvalue weighted by Gasteiger charge is -2.24. The summed E-state index contributed by atoms with van der Waals surface area (Å²) in [7, 11) is 0. The maximum Gasteiger partial charge on any atom is 0.413 e. The highest BCUT2D eigenvalue weighted by Crippen LogP contribution is 2.20. The van der Waals surface area contributed by atoms with Crippen LogP contribution in [-0.4, -0.2) is 42.6 Å². The minimum atomic E-state index is -0.818. The van der Waals surface area contributed by atoms with E-state index in [1.165, 1.54) is 12.3 Å². The van der Waals surface area contributed by atoms with Gasteiger partial charge in [0.05, 0.1) is 12.4 Å². The molecule has 1 aliphatic rings. The first-order chi connectivity index (χ1) is 13.7. The van der Waals surface area contributed by atoms with Crippen LogP contribution in [0.15, 0.2) is 16.7 Å². The first kappa shape index (κ1) is 22.9. The number of carbonyl (C=O) groups excluding carboxylic acids is 3. The van der Waals surface area contributed by atoms with Crippen molar-refractivity contribution in [3.05, 3.63) is 18.1 Å². The standard InChI is InChI=1S/C21H32N2O6/c1-6-17-19(16(24)11-28-17)23-20(25)15(8-7-13(4)12(2)3)22-21(26)29-18-9-10-27-14(18)5/h9-10,12-13,15,17,19H,6-8,11H2,1-5H3,(H,22,26)(H,23,25)/t13?,15-,17?,19?/m0/s1. The Kier molecular flexibility index (Phi) is 8.25. The lowest BCUT2D eigenvalue weighted by molar-refractivity contribution is -0.127. The summed E-state index contributed by atoms with van der Waals surface area (Å²) in [5.41, 5.74) is 0. The molecule has 2 amide bonds. The highest BCUT2D eigenvalue weighted by Gasteiger charge is 2.37. The summed E-state index contributed by atoms with van der Waals surface area (Å²) < 4.78 is 15.8. The molecule has 29 heavy (non-hydrogen) atoms. The fraction of sp³-hybridized carbons (Fsp3) is 0.667. The average Bonchev–Trinajstić information content (AvgIpc) is 3.23. The second-order valence-electron chi connectivity index (χ2n) is 7.94. The summed E-state index contributed by atoms with van der Waals surface area (Å²) in [6.07, 6.45) is 2.12. The first-order valence-electron chi connectivity index (χ1n) is 10.2. The number of hydrogen-bond donors (Lipinski definition) is 2. The maximum absolute atomic E-state index is 12.9. The van der Waals surface area contributed by atoms with Gasteiger partial charge in [0.25, 0.3) is 0 Å². The number of rotatable bonds is 9. The summed E-state index contributed by atoms with van der Waals surface area (Å²) in [5.74, 6) is 1.02. The van der Waals surface area contributed by atoms with E-state index in [4.69, 9.17) is 13.9 Å². The summed E-state index contributed by atoms with van der Waals surface area (Å²) in [6.45, 7) is 9.90. The van der Waals surface area contributed by atoms with Crippen LogP contribution in [0.2, 0.25) is 0 Å². The minimum Gasteiger partial charge on any atom is -0.466 e. The van der Waals surface area contributed by atoms with E-state index in [-0.39, 0.29) is 18.5 Å². The molecule has 4 atom stereocenters. The zero-order chi connectivity index (χ0) is 21.6.